The van der Waals surface area contributed by atoms with Crippen LogP contribution in [-0.4, -0.2) is 6.04 Å². The van der Waals surface area contributed by atoms with E-state index in [4.69, 9.17) is 0 Å². The monoisotopic (exact) mass is 806 g/mol. The first kappa shape index (κ1) is 37.1. The zero-order valence-corrected chi connectivity index (χ0v) is 35.5. The van der Waals surface area contributed by atoms with E-state index in [1.165, 1.54) is 83.3 Å². The average molecular weight is 807 g/mol. The number of nitrogens with zero attached hydrogens (tertiary/aromatic N) is 2. The lowest BCUT2D eigenvalue weighted by molar-refractivity contribution is 0.660. The predicted molar refractivity (Wildman–Crippen MR) is 266 cm³/mol. The summed E-state index contributed by atoms with van der Waals surface area (Å²) in [6.45, 7) is 4.72. The molecule has 1 aliphatic heterocycles. The van der Waals surface area contributed by atoms with Gasteiger partial charge in [-0.25, -0.2) is 0 Å². The van der Waals surface area contributed by atoms with Crippen molar-refractivity contribution in [1.82, 2.24) is 0 Å². The maximum atomic E-state index is 2.51. The van der Waals surface area contributed by atoms with Crippen LogP contribution in [0.3, 0.4) is 0 Å². The van der Waals surface area contributed by atoms with Crippen molar-refractivity contribution >= 4 is 39.2 Å². The molecule has 1 heterocycles. The van der Waals surface area contributed by atoms with Crippen molar-refractivity contribution in [2.45, 2.75) is 31.2 Å². The van der Waals surface area contributed by atoms with E-state index in [9.17, 15) is 0 Å². The second-order valence-electron chi connectivity index (χ2n) is 17.7. The summed E-state index contributed by atoms with van der Waals surface area (Å²) in [5, 5.41) is 2.49. The maximum Gasteiger partial charge on any atom is 0.0629 e. The van der Waals surface area contributed by atoms with Gasteiger partial charge >= 0.3 is 0 Å². The largest absolute Gasteiger partial charge is 0.333 e. The van der Waals surface area contributed by atoms with Gasteiger partial charge in [-0.15, -0.1) is 0 Å². The minimum atomic E-state index is -0.0953. The van der Waals surface area contributed by atoms with Crippen LogP contribution in [0.15, 0.2) is 231 Å². The first-order valence-electron chi connectivity index (χ1n) is 22.2. The average Bonchev–Trinajstić information content (AvgIpc) is 3.80. The van der Waals surface area contributed by atoms with E-state index in [-0.39, 0.29) is 11.5 Å². The summed E-state index contributed by atoms with van der Waals surface area (Å²) >= 11 is 0. The van der Waals surface area contributed by atoms with Crippen LogP contribution < -0.4 is 9.80 Å². The SMILES string of the molecule is CC1(C)c2ccccc2-c2c(-c3ccccc3N(c3ccc(-c4cccc(N5c6ccccc6C6C=CC=CC65)c4)cc3)c3cccc(-c4ccc5ccccc5c4)c3)cccc21. The third kappa shape index (κ3) is 6.09. The standard InChI is InChI=1S/C61H46N2/c1-61(2)55-27-9-5-25-54(55)60-53(26-15-28-56(60)61)52-24-8-10-29-57(52)62(48-20-14-19-45(40-48)46-33-32-41-16-3-4-17-43(41)38-46)47-36-34-42(35-37-47)44-18-13-21-49(39-44)63-58-30-11-6-22-50(58)51-23-7-12-31-59(51)63/h3-40,50,58H,1-2H3. The Kier molecular flexibility index (Phi) is 8.69. The zero-order valence-electron chi connectivity index (χ0n) is 35.5. The zero-order chi connectivity index (χ0) is 42.1. The number of para-hydroxylation sites is 2. The molecule has 0 aromatic heterocycles. The number of rotatable bonds is 7. The van der Waals surface area contributed by atoms with Gasteiger partial charge in [-0.1, -0.05) is 190 Å². The lowest BCUT2D eigenvalue weighted by Crippen LogP contribution is -2.28. The van der Waals surface area contributed by atoms with Gasteiger partial charge in [-0.3, -0.25) is 0 Å². The highest BCUT2D eigenvalue weighted by Gasteiger charge is 2.38. The predicted octanol–water partition coefficient (Wildman–Crippen LogP) is 16.3. The summed E-state index contributed by atoms with van der Waals surface area (Å²) in [5.41, 5.74) is 19.7. The molecule has 0 fully saturated rings. The van der Waals surface area contributed by atoms with Crippen LogP contribution in [-0.2, 0) is 5.41 Å². The van der Waals surface area contributed by atoms with Crippen LogP contribution in [0, 0.1) is 0 Å². The number of fused-ring (bicyclic) bond motifs is 7. The van der Waals surface area contributed by atoms with Crippen LogP contribution in [0.2, 0.25) is 0 Å². The molecule has 0 saturated heterocycles. The van der Waals surface area contributed by atoms with Gasteiger partial charge in [0.1, 0.15) is 0 Å². The fourth-order valence-corrected chi connectivity index (χ4v) is 10.7. The van der Waals surface area contributed by atoms with Crippen molar-refractivity contribution in [3.63, 3.8) is 0 Å². The van der Waals surface area contributed by atoms with Crippen molar-refractivity contribution in [2.24, 2.45) is 0 Å². The van der Waals surface area contributed by atoms with E-state index in [0.717, 1.165) is 17.1 Å². The molecular formula is C61H46N2. The Hall–Kier alpha value is -7.68. The molecule has 0 radical (unpaired) electrons. The highest BCUT2D eigenvalue weighted by atomic mass is 15.2. The Bertz CT molecular complexity index is 3290. The van der Waals surface area contributed by atoms with Gasteiger partial charge in [-0.05, 0) is 121 Å². The van der Waals surface area contributed by atoms with Gasteiger partial charge in [0.2, 0.25) is 0 Å². The fourth-order valence-electron chi connectivity index (χ4n) is 10.7. The van der Waals surface area contributed by atoms with E-state index in [1.54, 1.807) is 0 Å². The summed E-state index contributed by atoms with van der Waals surface area (Å²) in [7, 11) is 0. The van der Waals surface area contributed by atoms with Crippen LogP contribution in [0.5, 0.6) is 0 Å². The Morgan fingerprint density at radius 2 is 1.10 bits per heavy atom. The fraction of sp³-hybridized carbons (Fsp3) is 0.0820. The van der Waals surface area contributed by atoms with Crippen LogP contribution in [0.1, 0.15) is 36.5 Å². The molecule has 2 aliphatic carbocycles. The third-order valence-electron chi connectivity index (χ3n) is 13.8. The molecule has 3 aliphatic rings. The van der Waals surface area contributed by atoms with E-state index in [2.05, 4.69) is 254 Å². The highest BCUT2D eigenvalue weighted by Crippen LogP contribution is 2.54. The first-order valence-corrected chi connectivity index (χ1v) is 22.2. The molecule has 0 saturated carbocycles. The number of anilines is 5. The lowest BCUT2D eigenvalue weighted by atomic mass is 9.82. The topological polar surface area (TPSA) is 6.48 Å². The molecule has 300 valence electrons. The van der Waals surface area contributed by atoms with Crippen LogP contribution in [0.4, 0.5) is 28.4 Å². The molecule has 9 aromatic carbocycles. The van der Waals surface area contributed by atoms with E-state index >= 15 is 0 Å². The second kappa shape index (κ2) is 14.8. The summed E-state index contributed by atoms with van der Waals surface area (Å²) in [4.78, 5) is 4.97. The molecule has 63 heavy (non-hydrogen) atoms. The molecule has 9 aromatic rings. The van der Waals surface area contributed by atoms with E-state index in [0.29, 0.717) is 5.92 Å². The smallest absolute Gasteiger partial charge is 0.0629 e. The Morgan fingerprint density at radius 1 is 0.444 bits per heavy atom. The van der Waals surface area contributed by atoms with Crippen LogP contribution >= 0.6 is 0 Å². The van der Waals surface area contributed by atoms with Gasteiger partial charge in [-0.2, -0.15) is 0 Å². The molecule has 2 nitrogen and oxygen atoms in total. The molecule has 0 amide bonds. The molecule has 2 unspecified atom stereocenters. The number of benzene rings is 9. The Balaban J connectivity index is 0.986. The summed E-state index contributed by atoms with van der Waals surface area (Å²) in [6.07, 6.45) is 9.07. The molecule has 0 spiro atoms. The van der Waals surface area contributed by atoms with Crippen molar-refractivity contribution in [2.75, 3.05) is 9.80 Å². The van der Waals surface area contributed by atoms with Crippen molar-refractivity contribution in [3.05, 3.63) is 247 Å². The summed E-state index contributed by atoms with van der Waals surface area (Å²) < 4.78 is 0. The van der Waals surface area contributed by atoms with E-state index in [1.807, 2.05) is 0 Å². The molecule has 2 heteroatoms. The lowest BCUT2D eigenvalue weighted by Gasteiger charge is -2.29. The van der Waals surface area contributed by atoms with Gasteiger partial charge in [0.15, 0.2) is 0 Å². The normalized spacial score (nSPS) is 16.4. The van der Waals surface area contributed by atoms with E-state index < -0.39 is 0 Å². The maximum absolute atomic E-state index is 2.51. The quantitative estimate of drug-likeness (QED) is 0.158. The van der Waals surface area contributed by atoms with Crippen molar-refractivity contribution in [3.8, 4) is 44.5 Å². The van der Waals surface area contributed by atoms with Gasteiger partial charge in [0, 0.05) is 39.6 Å². The molecule has 2 atom stereocenters. The minimum absolute atomic E-state index is 0.0953. The van der Waals surface area contributed by atoms with Crippen molar-refractivity contribution in [1.29, 1.82) is 0 Å². The minimum Gasteiger partial charge on any atom is -0.333 e. The van der Waals surface area contributed by atoms with Gasteiger partial charge in [0.05, 0.1) is 11.7 Å². The molecule has 0 bridgehead atoms. The van der Waals surface area contributed by atoms with Crippen LogP contribution in [0.25, 0.3) is 55.3 Å². The third-order valence-corrected chi connectivity index (χ3v) is 13.8. The molecular weight excluding hydrogens is 761 g/mol. The Labute approximate surface area is 370 Å². The molecule has 0 N–H and O–H groups in total. The molecule has 12 rings (SSSR count). The number of hydrogen-bond acceptors (Lipinski definition) is 2. The first-order chi connectivity index (χ1) is 31.0. The Morgan fingerprint density at radius 3 is 1.98 bits per heavy atom. The van der Waals surface area contributed by atoms with Gasteiger partial charge < -0.3 is 9.80 Å². The highest BCUT2D eigenvalue weighted by molar-refractivity contribution is 5.98. The van der Waals surface area contributed by atoms with Crippen molar-refractivity contribution < 1.29 is 0 Å². The second-order valence-corrected chi connectivity index (χ2v) is 17.7. The van der Waals surface area contributed by atoms with Gasteiger partial charge in [0.25, 0.3) is 0 Å². The summed E-state index contributed by atoms with van der Waals surface area (Å²) in [6, 6.07) is 76.6. The number of hydrogen-bond donors (Lipinski definition) is 0. The number of allylic oxidation sites excluding steroid dienone is 2. The summed E-state index contributed by atoms with van der Waals surface area (Å²) in [5.74, 6) is 0.348.